The Hall–Kier alpha value is -3.27. The van der Waals surface area contributed by atoms with Gasteiger partial charge in [0.05, 0.1) is 29.5 Å². The van der Waals surface area contributed by atoms with E-state index in [1.54, 1.807) is 24.1 Å². The summed E-state index contributed by atoms with van der Waals surface area (Å²) in [6, 6.07) is 5.57. The minimum absolute atomic E-state index is 0.0375. The van der Waals surface area contributed by atoms with Crippen molar-refractivity contribution in [2.45, 2.75) is 45.3 Å². The molecule has 3 heterocycles. The molecule has 180 valence electrons. The number of rotatable bonds is 4. The lowest BCUT2D eigenvalue weighted by Crippen LogP contribution is -2.44. The topological polar surface area (TPSA) is 83.6 Å². The summed E-state index contributed by atoms with van der Waals surface area (Å²) in [5, 5.41) is 11.9. The molecule has 4 rings (SSSR count). The first-order chi connectivity index (χ1) is 16.1. The van der Waals surface area contributed by atoms with E-state index >= 15 is 0 Å². The van der Waals surface area contributed by atoms with E-state index in [-0.39, 0.29) is 18.0 Å². The Bertz CT molecular complexity index is 1310. The number of hydrogen-bond acceptors (Lipinski definition) is 5. The summed E-state index contributed by atoms with van der Waals surface area (Å²) in [6.45, 7) is 3.96. The van der Waals surface area contributed by atoms with Crippen molar-refractivity contribution in [3.05, 3.63) is 64.4 Å². The van der Waals surface area contributed by atoms with Gasteiger partial charge < -0.3 is 14.6 Å². The van der Waals surface area contributed by atoms with Crippen LogP contribution in [0.25, 0.3) is 10.9 Å². The summed E-state index contributed by atoms with van der Waals surface area (Å²) in [6.07, 6.45) is -0.602. The van der Waals surface area contributed by atoms with Crippen LogP contribution in [-0.2, 0) is 24.0 Å². The quantitative estimate of drug-likeness (QED) is 0.631. The van der Waals surface area contributed by atoms with Gasteiger partial charge in [-0.3, -0.25) is 14.8 Å². The number of piperidine rings is 1. The maximum atomic E-state index is 14.5. The summed E-state index contributed by atoms with van der Waals surface area (Å²) < 4.78 is 42.4. The lowest BCUT2D eigenvalue weighted by Gasteiger charge is -2.37. The van der Waals surface area contributed by atoms with Crippen molar-refractivity contribution >= 4 is 16.8 Å². The molecule has 34 heavy (non-hydrogen) atoms. The van der Waals surface area contributed by atoms with Gasteiger partial charge in [-0.25, -0.2) is 18.2 Å². The Morgan fingerprint density at radius 3 is 2.65 bits per heavy atom. The van der Waals surface area contributed by atoms with E-state index in [1.165, 1.54) is 19.1 Å². The van der Waals surface area contributed by atoms with Crippen LogP contribution in [-0.4, -0.2) is 43.5 Å². The van der Waals surface area contributed by atoms with Crippen LogP contribution in [0, 0.1) is 12.7 Å². The predicted molar refractivity (Wildman–Crippen MR) is 119 cm³/mol. The number of pyridine rings is 1. The predicted octanol–water partition coefficient (Wildman–Crippen LogP) is 3.28. The number of carbonyl (C=O) groups is 1. The molecule has 1 aromatic carbocycles. The largest absolute Gasteiger partial charge is 0.383 e. The van der Waals surface area contributed by atoms with Gasteiger partial charge in [-0.05, 0) is 25.8 Å². The number of benzene rings is 1. The van der Waals surface area contributed by atoms with Crippen molar-refractivity contribution in [2.75, 3.05) is 13.1 Å². The van der Waals surface area contributed by atoms with Crippen LogP contribution in [0.3, 0.4) is 0 Å². The third kappa shape index (κ3) is 4.42. The molecule has 1 N–H and O–H groups in total. The Labute approximate surface area is 194 Å². The lowest BCUT2D eigenvalue weighted by atomic mass is 9.87. The van der Waals surface area contributed by atoms with Crippen LogP contribution in [0.5, 0.6) is 0 Å². The van der Waals surface area contributed by atoms with Crippen molar-refractivity contribution in [1.29, 1.82) is 0 Å². The maximum absolute atomic E-state index is 14.5. The summed E-state index contributed by atoms with van der Waals surface area (Å²) >= 11 is 0. The molecule has 7 nitrogen and oxygen atoms in total. The summed E-state index contributed by atoms with van der Waals surface area (Å²) in [4.78, 5) is 26.8. The number of likely N-dealkylation sites (tertiary alicyclic amines) is 1. The molecular weight excluding hydrogens is 447 g/mol. The highest BCUT2D eigenvalue weighted by Gasteiger charge is 2.36. The Balaban J connectivity index is 1.77. The zero-order valence-corrected chi connectivity index (χ0v) is 19.2. The minimum Gasteiger partial charge on any atom is -0.383 e. The van der Waals surface area contributed by atoms with Crippen molar-refractivity contribution in [3.63, 3.8) is 0 Å². The Kier molecular flexibility index (Phi) is 6.44. The number of halogens is 3. The first-order valence-corrected chi connectivity index (χ1v) is 11.0. The molecule has 1 aliphatic rings. The van der Waals surface area contributed by atoms with E-state index in [0.29, 0.717) is 53.8 Å². The molecule has 2 aromatic heterocycles. The van der Waals surface area contributed by atoms with Crippen molar-refractivity contribution in [3.8, 4) is 0 Å². The highest BCUT2D eigenvalue weighted by atomic mass is 19.3. The molecular formula is C24H26F3N5O2. The molecule has 1 aliphatic heterocycles. The number of hydrogen-bond donors (Lipinski definition) is 1. The first kappa shape index (κ1) is 23.9. The molecule has 0 saturated carbocycles. The molecule has 0 bridgehead atoms. The van der Waals surface area contributed by atoms with Crippen LogP contribution >= 0.6 is 0 Å². The van der Waals surface area contributed by atoms with Gasteiger partial charge in [0.1, 0.15) is 17.2 Å². The van der Waals surface area contributed by atoms with Gasteiger partial charge in [-0.1, -0.05) is 18.2 Å². The number of alkyl halides is 2. The van der Waals surface area contributed by atoms with Crippen LogP contribution in [0.4, 0.5) is 13.2 Å². The van der Waals surface area contributed by atoms with E-state index in [0.717, 1.165) is 6.07 Å². The van der Waals surface area contributed by atoms with Crippen LogP contribution in [0.2, 0.25) is 0 Å². The number of aliphatic hydroxyl groups is 1. The third-order valence-electron chi connectivity index (χ3n) is 6.49. The van der Waals surface area contributed by atoms with Crippen LogP contribution < -0.4 is 5.49 Å². The second-order valence-electron chi connectivity index (χ2n) is 8.60. The number of aromatic nitrogens is 3. The standard InChI is InChI=1S/C24H26F3N5O2/c1-14-30-23(29-12-16-5-4-6-17(21(16)25)22(26)27)18-11-20(28-13-19(18)31(14)3)24(34)7-9-32(10-8-24)15(2)33/h4-6,11,13,22,34H,7-10,12H2,1-3H3. The molecule has 1 amide bonds. The van der Waals surface area contributed by atoms with Gasteiger partial charge in [-0.2, -0.15) is 0 Å². The minimum atomic E-state index is -2.92. The Morgan fingerprint density at radius 2 is 2.00 bits per heavy atom. The highest BCUT2D eigenvalue weighted by Crippen LogP contribution is 2.32. The molecule has 10 heteroatoms. The van der Waals surface area contributed by atoms with Crippen molar-refractivity contribution < 1.29 is 23.1 Å². The number of amides is 1. The van der Waals surface area contributed by atoms with Crippen LogP contribution in [0.15, 0.2) is 35.5 Å². The fourth-order valence-electron chi connectivity index (χ4n) is 4.23. The Morgan fingerprint density at radius 1 is 1.29 bits per heavy atom. The summed E-state index contributed by atoms with van der Waals surface area (Å²) in [5.74, 6) is -0.377. The molecule has 0 unspecified atom stereocenters. The number of fused-ring (bicyclic) bond motifs is 1. The van der Waals surface area contributed by atoms with E-state index in [2.05, 4.69) is 15.0 Å². The molecule has 1 fully saturated rings. The average Bonchev–Trinajstić information content (AvgIpc) is 2.81. The zero-order chi connectivity index (χ0) is 24.6. The molecule has 3 aromatic rings. The first-order valence-electron chi connectivity index (χ1n) is 11.0. The summed E-state index contributed by atoms with van der Waals surface area (Å²) in [5.41, 5.74) is -0.369. The van der Waals surface area contributed by atoms with Crippen LogP contribution in [0.1, 0.15) is 48.8 Å². The monoisotopic (exact) mass is 473 g/mol. The zero-order valence-electron chi connectivity index (χ0n) is 19.2. The highest BCUT2D eigenvalue weighted by molar-refractivity contribution is 5.77. The van der Waals surface area contributed by atoms with E-state index in [9.17, 15) is 23.1 Å². The van der Waals surface area contributed by atoms with Gasteiger partial charge in [0, 0.05) is 38.0 Å². The van der Waals surface area contributed by atoms with E-state index in [4.69, 9.17) is 0 Å². The SMILES string of the molecule is CC(=O)N1CCC(O)(c2cc3c(=NCc4cccc(C(F)F)c4F)nc(C)n(C)c3cn2)CC1. The summed E-state index contributed by atoms with van der Waals surface area (Å²) in [7, 11) is 1.82. The fraction of sp³-hybridized carbons (Fsp3) is 0.417. The fourth-order valence-corrected chi connectivity index (χ4v) is 4.23. The normalized spacial score (nSPS) is 16.5. The smallest absolute Gasteiger partial charge is 0.266 e. The van der Waals surface area contributed by atoms with Crippen molar-refractivity contribution in [2.24, 2.45) is 12.0 Å². The molecule has 0 radical (unpaired) electrons. The second-order valence-corrected chi connectivity index (χ2v) is 8.60. The second kappa shape index (κ2) is 9.17. The van der Waals surface area contributed by atoms with E-state index < -0.39 is 23.4 Å². The van der Waals surface area contributed by atoms with Crippen molar-refractivity contribution in [1.82, 2.24) is 19.4 Å². The molecule has 0 aliphatic carbocycles. The van der Waals surface area contributed by atoms with Gasteiger partial charge in [0.15, 0.2) is 5.49 Å². The molecule has 0 atom stereocenters. The number of aryl methyl sites for hydroxylation is 2. The lowest BCUT2D eigenvalue weighted by molar-refractivity contribution is -0.133. The number of carbonyl (C=O) groups excluding carboxylic acids is 1. The number of nitrogens with zero attached hydrogens (tertiary/aromatic N) is 5. The van der Waals surface area contributed by atoms with Gasteiger partial charge in [-0.15, -0.1) is 0 Å². The molecule has 0 spiro atoms. The average molecular weight is 473 g/mol. The molecule has 1 saturated heterocycles. The van der Waals surface area contributed by atoms with Gasteiger partial charge in [0.2, 0.25) is 5.91 Å². The van der Waals surface area contributed by atoms with E-state index in [1.807, 2.05) is 11.6 Å². The maximum Gasteiger partial charge on any atom is 0.266 e. The van der Waals surface area contributed by atoms with Gasteiger partial charge >= 0.3 is 0 Å². The third-order valence-corrected chi connectivity index (χ3v) is 6.49. The van der Waals surface area contributed by atoms with Gasteiger partial charge in [0.25, 0.3) is 6.43 Å².